The molecule has 0 heterocycles. The molecule has 0 saturated heterocycles. The summed E-state index contributed by atoms with van der Waals surface area (Å²) in [5.41, 5.74) is 3.22. The van der Waals surface area contributed by atoms with Crippen molar-refractivity contribution in [2.75, 3.05) is 5.33 Å². The Kier molecular flexibility index (Phi) is 4.70. The largest absolute Gasteiger partial charge is 0.204 e. The maximum absolute atomic E-state index is 13.2. The van der Waals surface area contributed by atoms with E-state index in [1.165, 1.54) is 23.3 Å². The van der Waals surface area contributed by atoms with Gasteiger partial charge in [-0.1, -0.05) is 51.8 Å². The summed E-state index contributed by atoms with van der Waals surface area (Å²) in [5.74, 6) is -1.32. The van der Waals surface area contributed by atoms with Crippen LogP contribution in [0.3, 0.4) is 0 Å². The molecule has 0 amide bonds. The number of hydrogen-bond donors (Lipinski definition) is 0. The van der Waals surface area contributed by atoms with Crippen LogP contribution in [0.4, 0.5) is 8.78 Å². The monoisotopic (exact) mass is 324 g/mol. The van der Waals surface area contributed by atoms with Gasteiger partial charge in [0.25, 0.3) is 0 Å². The van der Waals surface area contributed by atoms with Crippen LogP contribution in [0, 0.1) is 18.6 Å². The SMILES string of the molecule is Cc1cccc(C(CBr)Cc2ccc(F)c(F)c2)c1. The first-order chi connectivity index (χ1) is 9.10. The van der Waals surface area contributed by atoms with E-state index in [-0.39, 0.29) is 5.92 Å². The van der Waals surface area contributed by atoms with E-state index in [9.17, 15) is 8.78 Å². The highest BCUT2D eigenvalue weighted by molar-refractivity contribution is 9.09. The second kappa shape index (κ2) is 6.29. The van der Waals surface area contributed by atoms with Crippen molar-refractivity contribution in [3.05, 3.63) is 70.8 Å². The Hall–Kier alpha value is -1.22. The van der Waals surface area contributed by atoms with Crippen LogP contribution in [0.2, 0.25) is 0 Å². The van der Waals surface area contributed by atoms with Crippen molar-refractivity contribution in [2.24, 2.45) is 0 Å². The molecule has 0 nitrogen and oxygen atoms in total. The van der Waals surface area contributed by atoms with Crippen molar-refractivity contribution in [3.63, 3.8) is 0 Å². The summed E-state index contributed by atoms with van der Waals surface area (Å²) >= 11 is 3.50. The molecule has 100 valence electrons. The third-order valence-corrected chi connectivity index (χ3v) is 3.95. The van der Waals surface area contributed by atoms with Crippen LogP contribution < -0.4 is 0 Å². The van der Waals surface area contributed by atoms with Gasteiger partial charge in [-0.15, -0.1) is 0 Å². The number of benzene rings is 2. The van der Waals surface area contributed by atoms with Gasteiger partial charge in [-0.05, 0) is 42.5 Å². The minimum absolute atomic E-state index is 0.254. The molecule has 0 saturated carbocycles. The van der Waals surface area contributed by atoms with Crippen LogP contribution >= 0.6 is 15.9 Å². The van der Waals surface area contributed by atoms with E-state index in [0.29, 0.717) is 6.42 Å². The summed E-state index contributed by atoms with van der Waals surface area (Å²) < 4.78 is 26.1. The van der Waals surface area contributed by atoms with Gasteiger partial charge >= 0.3 is 0 Å². The summed E-state index contributed by atoms with van der Waals surface area (Å²) in [7, 11) is 0. The summed E-state index contributed by atoms with van der Waals surface area (Å²) in [6.45, 7) is 2.05. The Labute approximate surface area is 120 Å². The topological polar surface area (TPSA) is 0 Å². The fourth-order valence-electron chi connectivity index (χ4n) is 2.14. The Balaban J connectivity index is 2.21. The first kappa shape index (κ1) is 14.2. The average molecular weight is 325 g/mol. The number of rotatable bonds is 4. The zero-order valence-electron chi connectivity index (χ0n) is 10.7. The van der Waals surface area contributed by atoms with Crippen molar-refractivity contribution < 1.29 is 8.78 Å². The quantitative estimate of drug-likeness (QED) is 0.695. The zero-order valence-corrected chi connectivity index (χ0v) is 12.3. The highest BCUT2D eigenvalue weighted by Crippen LogP contribution is 2.24. The van der Waals surface area contributed by atoms with E-state index < -0.39 is 11.6 Å². The van der Waals surface area contributed by atoms with Gasteiger partial charge in [0.1, 0.15) is 0 Å². The van der Waals surface area contributed by atoms with Gasteiger partial charge in [0.2, 0.25) is 0 Å². The smallest absolute Gasteiger partial charge is 0.159 e. The Morgan fingerprint density at radius 2 is 1.84 bits per heavy atom. The Bertz CT molecular complexity index is 566. The lowest BCUT2D eigenvalue weighted by Gasteiger charge is -2.15. The van der Waals surface area contributed by atoms with Crippen LogP contribution in [-0.4, -0.2) is 5.33 Å². The van der Waals surface area contributed by atoms with Crippen molar-refractivity contribution in [2.45, 2.75) is 19.3 Å². The Morgan fingerprint density at radius 3 is 2.47 bits per heavy atom. The van der Waals surface area contributed by atoms with Gasteiger partial charge < -0.3 is 0 Å². The third kappa shape index (κ3) is 3.63. The number of halogens is 3. The maximum atomic E-state index is 13.2. The van der Waals surface area contributed by atoms with Crippen LogP contribution in [0.1, 0.15) is 22.6 Å². The molecule has 2 aromatic rings. The highest BCUT2D eigenvalue weighted by atomic mass is 79.9. The van der Waals surface area contributed by atoms with Gasteiger partial charge in [-0.2, -0.15) is 0 Å². The molecule has 0 aliphatic carbocycles. The number of aryl methyl sites for hydroxylation is 1. The van der Waals surface area contributed by atoms with Gasteiger partial charge in [0.05, 0.1) is 0 Å². The van der Waals surface area contributed by atoms with Crippen LogP contribution in [0.15, 0.2) is 42.5 Å². The van der Waals surface area contributed by atoms with Crippen molar-refractivity contribution in [1.82, 2.24) is 0 Å². The number of alkyl halides is 1. The molecule has 3 heteroatoms. The standard InChI is InChI=1S/C16H15BrF2/c1-11-3-2-4-13(7-11)14(10-17)8-12-5-6-15(18)16(19)9-12/h2-7,9,14H,8,10H2,1H3. The molecular formula is C16H15BrF2. The molecule has 0 aliphatic heterocycles. The van der Waals surface area contributed by atoms with Crippen molar-refractivity contribution >= 4 is 15.9 Å². The lowest BCUT2D eigenvalue weighted by atomic mass is 9.93. The van der Waals surface area contributed by atoms with Crippen molar-refractivity contribution in [1.29, 1.82) is 0 Å². The second-order valence-electron chi connectivity index (χ2n) is 4.72. The predicted molar refractivity (Wildman–Crippen MR) is 77.8 cm³/mol. The molecule has 0 aromatic heterocycles. The first-order valence-electron chi connectivity index (χ1n) is 6.16. The fraction of sp³-hybridized carbons (Fsp3) is 0.250. The first-order valence-corrected chi connectivity index (χ1v) is 7.28. The molecule has 0 fully saturated rings. The lowest BCUT2D eigenvalue weighted by molar-refractivity contribution is 0.506. The average Bonchev–Trinajstić information content (AvgIpc) is 2.40. The molecule has 1 unspecified atom stereocenters. The van der Waals surface area contributed by atoms with E-state index in [2.05, 4.69) is 28.1 Å². The molecular weight excluding hydrogens is 310 g/mol. The van der Waals surface area contributed by atoms with Gasteiger partial charge in [-0.25, -0.2) is 8.78 Å². The van der Waals surface area contributed by atoms with Crippen LogP contribution in [-0.2, 0) is 6.42 Å². The zero-order chi connectivity index (χ0) is 13.8. The van der Waals surface area contributed by atoms with E-state index in [1.807, 2.05) is 19.1 Å². The van der Waals surface area contributed by atoms with Crippen molar-refractivity contribution in [3.8, 4) is 0 Å². The lowest BCUT2D eigenvalue weighted by Crippen LogP contribution is -2.05. The molecule has 0 spiro atoms. The van der Waals surface area contributed by atoms with Gasteiger partial charge in [-0.3, -0.25) is 0 Å². The van der Waals surface area contributed by atoms with Crippen LogP contribution in [0.5, 0.6) is 0 Å². The molecule has 0 N–H and O–H groups in total. The fourth-order valence-corrected chi connectivity index (χ4v) is 2.74. The molecule has 2 aromatic carbocycles. The summed E-state index contributed by atoms with van der Waals surface area (Å²) in [6, 6.07) is 12.4. The van der Waals surface area contributed by atoms with E-state index in [0.717, 1.165) is 10.9 Å². The maximum Gasteiger partial charge on any atom is 0.159 e. The third-order valence-electron chi connectivity index (χ3n) is 3.17. The summed E-state index contributed by atoms with van der Waals surface area (Å²) in [6.07, 6.45) is 0.686. The highest BCUT2D eigenvalue weighted by Gasteiger charge is 2.12. The van der Waals surface area contributed by atoms with E-state index >= 15 is 0 Å². The molecule has 2 rings (SSSR count). The molecule has 0 radical (unpaired) electrons. The molecule has 19 heavy (non-hydrogen) atoms. The van der Waals surface area contributed by atoms with E-state index in [4.69, 9.17) is 0 Å². The molecule has 0 bridgehead atoms. The second-order valence-corrected chi connectivity index (χ2v) is 5.37. The normalized spacial score (nSPS) is 12.4. The minimum Gasteiger partial charge on any atom is -0.204 e. The Morgan fingerprint density at radius 1 is 1.05 bits per heavy atom. The minimum atomic E-state index is -0.797. The molecule has 0 aliphatic rings. The van der Waals surface area contributed by atoms with Crippen LogP contribution in [0.25, 0.3) is 0 Å². The van der Waals surface area contributed by atoms with Gasteiger partial charge in [0.15, 0.2) is 11.6 Å². The summed E-state index contributed by atoms with van der Waals surface area (Å²) in [5, 5.41) is 0.787. The van der Waals surface area contributed by atoms with E-state index in [1.54, 1.807) is 6.07 Å². The summed E-state index contributed by atoms with van der Waals surface area (Å²) in [4.78, 5) is 0. The molecule has 1 atom stereocenters. The number of hydrogen-bond acceptors (Lipinski definition) is 0. The van der Waals surface area contributed by atoms with Gasteiger partial charge in [0, 0.05) is 5.33 Å². The predicted octanol–water partition coefficient (Wildman–Crippen LogP) is 4.99.